The highest BCUT2D eigenvalue weighted by Gasteiger charge is 2.14. The Balaban J connectivity index is 1.46. The summed E-state index contributed by atoms with van der Waals surface area (Å²) in [6.07, 6.45) is 0. The van der Waals surface area contributed by atoms with E-state index < -0.39 is 0 Å². The standard InChI is InChI=1S/C23H20N4O2S/c1-14(17-8-9-19-20(12-17)29-11-10-28-19)26-27-22-18-13-21(16-6-4-3-5-7-16)30-23(18)25-15(2)24-22/h3-9,12-13H,10-11H2,1-2H3,(H,24,25,27)/b26-14+. The van der Waals surface area contributed by atoms with Crippen molar-refractivity contribution in [3.05, 3.63) is 66.0 Å². The van der Waals surface area contributed by atoms with Gasteiger partial charge in [-0.2, -0.15) is 5.10 Å². The molecule has 4 aromatic rings. The molecule has 1 aliphatic heterocycles. The van der Waals surface area contributed by atoms with Gasteiger partial charge in [0.2, 0.25) is 0 Å². The molecule has 30 heavy (non-hydrogen) atoms. The van der Waals surface area contributed by atoms with Crippen LogP contribution in [0.5, 0.6) is 11.5 Å². The van der Waals surface area contributed by atoms with Crippen molar-refractivity contribution in [3.8, 4) is 21.9 Å². The minimum absolute atomic E-state index is 0.561. The molecule has 0 saturated heterocycles. The van der Waals surface area contributed by atoms with E-state index in [-0.39, 0.29) is 0 Å². The van der Waals surface area contributed by atoms with Crippen LogP contribution in [0.4, 0.5) is 5.82 Å². The highest BCUT2D eigenvalue weighted by atomic mass is 32.1. The van der Waals surface area contributed by atoms with Crippen LogP contribution in [0.3, 0.4) is 0 Å². The number of rotatable bonds is 4. The second-order valence-corrected chi connectivity index (χ2v) is 8.01. The SMILES string of the molecule is C/C(=N\Nc1nc(C)nc2sc(-c3ccccc3)cc12)c1ccc2c(c1)OCCO2. The smallest absolute Gasteiger partial charge is 0.162 e. The van der Waals surface area contributed by atoms with Gasteiger partial charge >= 0.3 is 0 Å². The Labute approximate surface area is 178 Å². The van der Waals surface area contributed by atoms with Gasteiger partial charge in [0.25, 0.3) is 0 Å². The first-order valence-corrected chi connectivity index (χ1v) is 10.5. The van der Waals surface area contributed by atoms with Gasteiger partial charge in [0.15, 0.2) is 17.3 Å². The van der Waals surface area contributed by atoms with Gasteiger partial charge in [0, 0.05) is 10.4 Å². The highest BCUT2D eigenvalue weighted by Crippen LogP contribution is 2.35. The molecule has 0 radical (unpaired) electrons. The number of nitrogens with one attached hydrogen (secondary N) is 1. The molecule has 1 N–H and O–H groups in total. The zero-order valence-electron chi connectivity index (χ0n) is 16.7. The van der Waals surface area contributed by atoms with Crippen molar-refractivity contribution in [3.63, 3.8) is 0 Å². The lowest BCUT2D eigenvalue weighted by molar-refractivity contribution is 0.171. The summed E-state index contributed by atoms with van der Waals surface area (Å²) in [6, 6.07) is 18.3. The van der Waals surface area contributed by atoms with Crippen molar-refractivity contribution in [2.24, 2.45) is 5.10 Å². The lowest BCUT2D eigenvalue weighted by Crippen LogP contribution is -2.15. The van der Waals surface area contributed by atoms with Crippen LogP contribution in [0.15, 0.2) is 59.7 Å². The van der Waals surface area contributed by atoms with Gasteiger partial charge in [-0.15, -0.1) is 11.3 Å². The van der Waals surface area contributed by atoms with Gasteiger partial charge < -0.3 is 9.47 Å². The van der Waals surface area contributed by atoms with Crippen LogP contribution in [0.2, 0.25) is 0 Å². The highest BCUT2D eigenvalue weighted by molar-refractivity contribution is 7.21. The number of hydrogen-bond acceptors (Lipinski definition) is 7. The van der Waals surface area contributed by atoms with E-state index in [1.165, 1.54) is 5.56 Å². The molecule has 0 unspecified atom stereocenters. The Hall–Kier alpha value is -3.45. The van der Waals surface area contributed by atoms with Crippen LogP contribution in [0.25, 0.3) is 20.7 Å². The van der Waals surface area contributed by atoms with Crippen LogP contribution < -0.4 is 14.9 Å². The van der Waals surface area contributed by atoms with E-state index >= 15 is 0 Å². The number of hydrogen-bond donors (Lipinski definition) is 1. The summed E-state index contributed by atoms with van der Waals surface area (Å²) < 4.78 is 11.3. The number of aromatic nitrogens is 2. The number of ether oxygens (including phenoxy) is 2. The quantitative estimate of drug-likeness (QED) is 0.362. The fraction of sp³-hybridized carbons (Fsp3) is 0.174. The maximum Gasteiger partial charge on any atom is 0.162 e. The topological polar surface area (TPSA) is 68.6 Å². The molecule has 7 heteroatoms. The van der Waals surface area contributed by atoms with Gasteiger partial charge in [-0.1, -0.05) is 30.3 Å². The maximum atomic E-state index is 5.68. The largest absolute Gasteiger partial charge is 0.486 e. The van der Waals surface area contributed by atoms with Crippen LogP contribution in [0.1, 0.15) is 18.3 Å². The zero-order chi connectivity index (χ0) is 20.5. The Morgan fingerprint density at radius 3 is 2.63 bits per heavy atom. The maximum absolute atomic E-state index is 5.68. The third kappa shape index (κ3) is 3.59. The number of fused-ring (bicyclic) bond motifs is 2. The van der Waals surface area contributed by atoms with Gasteiger partial charge in [0.05, 0.1) is 11.1 Å². The molecule has 2 aromatic carbocycles. The lowest BCUT2D eigenvalue weighted by atomic mass is 10.1. The van der Waals surface area contributed by atoms with E-state index in [4.69, 9.17) is 9.47 Å². The van der Waals surface area contributed by atoms with Crippen molar-refractivity contribution < 1.29 is 9.47 Å². The van der Waals surface area contributed by atoms with Crippen molar-refractivity contribution in [1.29, 1.82) is 0 Å². The molecule has 0 bridgehead atoms. The van der Waals surface area contributed by atoms with E-state index in [0.29, 0.717) is 24.9 Å². The van der Waals surface area contributed by atoms with Crippen LogP contribution in [-0.2, 0) is 0 Å². The van der Waals surface area contributed by atoms with Crippen molar-refractivity contribution in [2.45, 2.75) is 13.8 Å². The molecular formula is C23H20N4O2S. The fourth-order valence-electron chi connectivity index (χ4n) is 3.33. The molecule has 0 spiro atoms. The number of thiophene rings is 1. The molecule has 1 aliphatic rings. The van der Waals surface area contributed by atoms with Gasteiger partial charge in [-0.3, -0.25) is 5.43 Å². The first-order valence-electron chi connectivity index (χ1n) is 9.71. The van der Waals surface area contributed by atoms with Crippen molar-refractivity contribution in [1.82, 2.24) is 9.97 Å². The second kappa shape index (κ2) is 7.76. The third-order valence-electron chi connectivity index (χ3n) is 4.85. The summed E-state index contributed by atoms with van der Waals surface area (Å²) in [6.45, 7) is 4.98. The molecule has 0 atom stereocenters. The Kier molecular flexibility index (Phi) is 4.80. The molecule has 0 aliphatic carbocycles. The van der Waals surface area contributed by atoms with Crippen LogP contribution in [0, 0.1) is 6.92 Å². The Morgan fingerprint density at radius 1 is 1.00 bits per heavy atom. The molecule has 6 nitrogen and oxygen atoms in total. The van der Waals surface area contributed by atoms with E-state index in [0.717, 1.165) is 37.9 Å². The number of benzene rings is 2. The molecule has 2 aromatic heterocycles. The monoisotopic (exact) mass is 416 g/mol. The number of anilines is 1. The average Bonchev–Trinajstić information content (AvgIpc) is 3.21. The van der Waals surface area contributed by atoms with E-state index in [9.17, 15) is 0 Å². The van der Waals surface area contributed by atoms with Gasteiger partial charge in [0.1, 0.15) is 23.9 Å². The van der Waals surface area contributed by atoms with E-state index in [2.05, 4.69) is 38.7 Å². The zero-order valence-corrected chi connectivity index (χ0v) is 17.5. The summed E-state index contributed by atoms with van der Waals surface area (Å²) in [5.41, 5.74) is 6.10. The Morgan fingerprint density at radius 2 is 1.80 bits per heavy atom. The molecule has 0 fully saturated rings. The molecule has 5 rings (SSSR count). The third-order valence-corrected chi connectivity index (χ3v) is 5.93. The van der Waals surface area contributed by atoms with Crippen molar-refractivity contribution >= 4 is 33.1 Å². The predicted molar refractivity (Wildman–Crippen MR) is 121 cm³/mol. The summed E-state index contributed by atoms with van der Waals surface area (Å²) in [5, 5.41) is 5.53. The molecule has 0 saturated carbocycles. The fourth-order valence-corrected chi connectivity index (χ4v) is 4.41. The van der Waals surface area contributed by atoms with E-state index in [1.807, 2.05) is 50.2 Å². The number of nitrogens with zero attached hydrogens (tertiary/aromatic N) is 3. The first-order chi connectivity index (χ1) is 14.7. The molecular weight excluding hydrogens is 396 g/mol. The molecule has 150 valence electrons. The minimum Gasteiger partial charge on any atom is -0.486 e. The number of aryl methyl sites for hydroxylation is 1. The summed E-state index contributed by atoms with van der Waals surface area (Å²) in [7, 11) is 0. The van der Waals surface area contributed by atoms with E-state index in [1.54, 1.807) is 11.3 Å². The van der Waals surface area contributed by atoms with Crippen LogP contribution in [-0.4, -0.2) is 28.9 Å². The normalized spacial score (nSPS) is 13.5. The molecule has 3 heterocycles. The Bertz CT molecular complexity index is 1250. The summed E-state index contributed by atoms with van der Waals surface area (Å²) >= 11 is 1.65. The summed E-state index contributed by atoms with van der Waals surface area (Å²) in [4.78, 5) is 11.3. The average molecular weight is 417 g/mol. The van der Waals surface area contributed by atoms with Gasteiger partial charge in [-0.05, 0) is 43.7 Å². The molecule has 0 amide bonds. The summed E-state index contributed by atoms with van der Waals surface area (Å²) in [5.74, 6) is 2.93. The van der Waals surface area contributed by atoms with Gasteiger partial charge in [-0.25, -0.2) is 9.97 Å². The second-order valence-electron chi connectivity index (χ2n) is 6.98. The van der Waals surface area contributed by atoms with Crippen LogP contribution >= 0.6 is 11.3 Å². The minimum atomic E-state index is 0.561. The lowest BCUT2D eigenvalue weighted by Gasteiger charge is -2.18. The predicted octanol–water partition coefficient (Wildman–Crippen LogP) is 5.27. The van der Waals surface area contributed by atoms with Crippen molar-refractivity contribution in [2.75, 3.05) is 18.6 Å². The first kappa shape index (κ1) is 18.6. The number of hydrazone groups is 1.